The number of carbonyl (C=O) groups is 2. The van der Waals surface area contributed by atoms with Gasteiger partial charge in [-0.25, -0.2) is 4.79 Å². The molecule has 1 heterocycles. The van der Waals surface area contributed by atoms with Gasteiger partial charge in [-0.3, -0.25) is 4.79 Å². The van der Waals surface area contributed by atoms with E-state index in [9.17, 15) is 9.59 Å². The number of halogens is 1. The number of methoxy groups -OCH3 is 1. The Morgan fingerprint density at radius 1 is 1.27 bits per heavy atom. The van der Waals surface area contributed by atoms with E-state index in [1.807, 2.05) is 12.1 Å². The van der Waals surface area contributed by atoms with Crippen LogP contribution in [0.25, 0.3) is 0 Å². The predicted molar refractivity (Wildman–Crippen MR) is 85.6 cm³/mol. The molecule has 22 heavy (non-hydrogen) atoms. The van der Waals surface area contributed by atoms with Crippen LogP contribution >= 0.6 is 15.9 Å². The van der Waals surface area contributed by atoms with Gasteiger partial charge >= 0.3 is 5.97 Å². The third-order valence-corrected chi connectivity index (χ3v) is 3.77. The van der Waals surface area contributed by atoms with Crippen LogP contribution < -0.4 is 4.74 Å². The van der Waals surface area contributed by atoms with Gasteiger partial charge < -0.3 is 14.5 Å². The van der Waals surface area contributed by atoms with Gasteiger partial charge in [0.2, 0.25) is 5.78 Å². The minimum absolute atomic E-state index is 0.113. The summed E-state index contributed by atoms with van der Waals surface area (Å²) in [6.07, 6.45) is 0. The van der Waals surface area contributed by atoms with E-state index in [0.717, 1.165) is 4.47 Å². The first-order valence-electron chi connectivity index (χ1n) is 6.63. The van der Waals surface area contributed by atoms with Crippen molar-refractivity contribution in [3.63, 3.8) is 0 Å². The maximum absolute atomic E-state index is 12.3. The monoisotopic (exact) mass is 365 g/mol. The standard InChI is InChI=1S/C16H16BrNO4/c1-9-14(16(20)21-3)10(2)18-15(9)13(19)8-22-12-6-4-5-11(17)7-12/h4-7,18H,8H2,1-3H3. The van der Waals surface area contributed by atoms with E-state index in [1.54, 1.807) is 26.0 Å². The van der Waals surface area contributed by atoms with E-state index in [4.69, 9.17) is 9.47 Å². The number of aromatic amines is 1. The van der Waals surface area contributed by atoms with Crippen molar-refractivity contribution in [2.75, 3.05) is 13.7 Å². The van der Waals surface area contributed by atoms with E-state index < -0.39 is 5.97 Å². The lowest BCUT2D eigenvalue weighted by Gasteiger charge is -2.06. The van der Waals surface area contributed by atoms with Gasteiger partial charge in [-0.2, -0.15) is 0 Å². The maximum atomic E-state index is 12.3. The number of ether oxygens (including phenoxy) is 2. The molecule has 0 atom stereocenters. The van der Waals surface area contributed by atoms with Crippen molar-refractivity contribution in [1.82, 2.24) is 4.98 Å². The van der Waals surface area contributed by atoms with E-state index in [-0.39, 0.29) is 12.4 Å². The van der Waals surface area contributed by atoms with Gasteiger partial charge in [0.05, 0.1) is 18.4 Å². The average molecular weight is 366 g/mol. The molecule has 2 rings (SSSR count). The lowest BCUT2D eigenvalue weighted by atomic mass is 10.1. The Labute approximate surface area is 136 Å². The molecule has 0 unspecified atom stereocenters. The summed E-state index contributed by atoms with van der Waals surface area (Å²) >= 11 is 3.34. The number of rotatable bonds is 5. The zero-order chi connectivity index (χ0) is 16.3. The number of ketones is 1. The quantitative estimate of drug-likeness (QED) is 0.650. The Morgan fingerprint density at radius 2 is 2.00 bits per heavy atom. The minimum Gasteiger partial charge on any atom is -0.485 e. The second kappa shape index (κ2) is 6.79. The number of carbonyl (C=O) groups excluding carboxylic acids is 2. The third kappa shape index (κ3) is 3.39. The van der Waals surface area contributed by atoms with Crippen molar-refractivity contribution in [1.29, 1.82) is 0 Å². The van der Waals surface area contributed by atoms with Gasteiger partial charge in [0, 0.05) is 10.2 Å². The molecular weight excluding hydrogens is 350 g/mol. The zero-order valence-corrected chi connectivity index (χ0v) is 14.1. The molecule has 6 heteroatoms. The van der Waals surface area contributed by atoms with Crippen molar-refractivity contribution < 1.29 is 19.1 Å². The zero-order valence-electron chi connectivity index (χ0n) is 12.5. The highest BCUT2D eigenvalue weighted by Gasteiger charge is 2.22. The van der Waals surface area contributed by atoms with Gasteiger partial charge in [-0.05, 0) is 37.6 Å². The fourth-order valence-electron chi connectivity index (χ4n) is 2.21. The average Bonchev–Trinajstić information content (AvgIpc) is 2.79. The molecule has 2 aromatic rings. The third-order valence-electron chi connectivity index (χ3n) is 3.27. The number of H-pyrrole nitrogens is 1. The first-order chi connectivity index (χ1) is 10.4. The summed E-state index contributed by atoms with van der Waals surface area (Å²) in [5.41, 5.74) is 1.95. The molecule has 1 aromatic carbocycles. The highest BCUT2D eigenvalue weighted by Crippen LogP contribution is 2.21. The van der Waals surface area contributed by atoms with Crippen molar-refractivity contribution in [2.24, 2.45) is 0 Å². The van der Waals surface area contributed by atoms with E-state index in [2.05, 4.69) is 20.9 Å². The van der Waals surface area contributed by atoms with Crippen LogP contribution in [0, 0.1) is 13.8 Å². The van der Waals surface area contributed by atoms with Crippen molar-refractivity contribution in [3.05, 3.63) is 51.3 Å². The van der Waals surface area contributed by atoms with Gasteiger partial charge in [0.15, 0.2) is 6.61 Å². The van der Waals surface area contributed by atoms with Gasteiger partial charge in [0.1, 0.15) is 5.75 Å². The van der Waals surface area contributed by atoms with E-state index >= 15 is 0 Å². The van der Waals surface area contributed by atoms with Crippen molar-refractivity contribution in [2.45, 2.75) is 13.8 Å². The van der Waals surface area contributed by atoms with Crippen LogP contribution in [0.3, 0.4) is 0 Å². The summed E-state index contributed by atoms with van der Waals surface area (Å²) in [6, 6.07) is 7.24. The summed E-state index contributed by atoms with van der Waals surface area (Å²) in [5.74, 6) is -0.0919. The van der Waals surface area contributed by atoms with Crippen LogP contribution in [0.4, 0.5) is 0 Å². The number of aryl methyl sites for hydroxylation is 1. The first-order valence-corrected chi connectivity index (χ1v) is 7.42. The molecule has 1 N–H and O–H groups in total. The summed E-state index contributed by atoms with van der Waals surface area (Å²) in [7, 11) is 1.31. The Morgan fingerprint density at radius 3 is 2.64 bits per heavy atom. The second-order valence-electron chi connectivity index (χ2n) is 4.79. The molecular formula is C16H16BrNO4. The molecule has 1 aromatic heterocycles. The smallest absolute Gasteiger partial charge is 0.339 e. The molecule has 0 saturated heterocycles. The van der Waals surface area contributed by atoms with Gasteiger partial charge in [0.25, 0.3) is 0 Å². The van der Waals surface area contributed by atoms with E-state index in [0.29, 0.717) is 28.3 Å². The summed E-state index contributed by atoms with van der Waals surface area (Å²) < 4.78 is 11.1. The molecule has 0 amide bonds. The lowest BCUT2D eigenvalue weighted by Crippen LogP contribution is -2.13. The van der Waals surface area contributed by atoms with Crippen LogP contribution in [-0.4, -0.2) is 30.5 Å². The number of benzene rings is 1. The highest BCUT2D eigenvalue weighted by atomic mass is 79.9. The number of hydrogen-bond donors (Lipinski definition) is 1. The molecule has 0 radical (unpaired) electrons. The van der Waals surface area contributed by atoms with Gasteiger partial charge in [-0.15, -0.1) is 0 Å². The summed E-state index contributed by atoms with van der Waals surface area (Å²) in [5, 5.41) is 0. The SMILES string of the molecule is COC(=O)c1c(C)[nH]c(C(=O)COc2cccc(Br)c2)c1C. The number of Topliss-reactive ketones (excluding diaryl/α,β-unsaturated/α-hetero) is 1. The number of esters is 1. The van der Waals surface area contributed by atoms with Crippen LogP contribution in [0.15, 0.2) is 28.7 Å². The molecule has 0 spiro atoms. The number of nitrogens with one attached hydrogen (secondary N) is 1. The minimum atomic E-state index is -0.460. The van der Waals surface area contributed by atoms with Crippen LogP contribution in [0.1, 0.15) is 32.1 Å². The lowest BCUT2D eigenvalue weighted by molar-refractivity contribution is 0.0599. The molecule has 0 aliphatic heterocycles. The highest BCUT2D eigenvalue weighted by molar-refractivity contribution is 9.10. The number of hydrogen-bond acceptors (Lipinski definition) is 4. The Kier molecular flexibility index (Phi) is 5.03. The molecule has 0 bridgehead atoms. The first kappa shape index (κ1) is 16.3. The topological polar surface area (TPSA) is 68.4 Å². The Balaban J connectivity index is 2.15. The van der Waals surface area contributed by atoms with Crippen molar-refractivity contribution >= 4 is 27.7 Å². The maximum Gasteiger partial charge on any atom is 0.339 e. The van der Waals surface area contributed by atoms with Gasteiger partial charge in [-0.1, -0.05) is 22.0 Å². The molecule has 0 aliphatic carbocycles. The normalized spacial score (nSPS) is 10.4. The van der Waals surface area contributed by atoms with Crippen LogP contribution in [0.5, 0.6) is 5.75 Å². The molecule has 0 fully saturated rings. The Hall–Kier alpha value is -2.08. The second-order valence-corrected chi connectivity index (χ2v) is 5.70. The van der Waals surface area contributed by atoms with Crippen LogP contribution in [0.2, 0.25) is 0 Å². The van der Waals surface area contributed by atoms with E-state index in [1.165, 1.54) is 7.11 Å². The fourth-order valence-corrected chi connectivity index (χ4v) is 2.59. The summed E-state index contributed by atoms with van der Waals surface area (Å²) in [4.78, 5) is 26.9. The van der Waals surface area contributed by atoms with Crippen molar-refractivity contribution in [3.8, 4) is 5.75 Å². The molecule has 116 valence electrons. The van der Waals surface area contributed by atoms with Crippen LogP contribution in [-0.2, 0) is 4.74 Å². The Bertz CT molecular complexity index is 721. The molecule has 0 saturated carbocycles. The molecule has 5 nitrogen and oxygen atoms in total. The molecule has 0 aliphatic rings. The predicted octanol–water partition coefficient (Wildman–Crippen LogP) is 3.44. The largest absolute Gasteiger partial charge is 0.485 e. The number of aromatic nitrogens is 1. The fraction of sp³-hybridized carbons (Fsp3) is 0.250. The summed E-state index contributed by atoms with van der Waals surface area (Å²) in [6.45, 7) is 3.32.